The zero-order valence-electron chi connectivity index (χ0n) is 14.1. The number of alkyl halides is 3. The Labute approximate surface area is 143 Å². The van der Waals surface area contributed by atoms with Crippen molar-refractivity contribution in [3.63, 3.8) is 0 Å². The van der Waals surface area contributed by atoms with Crippen LogP contribution in [0.1, 0.15) is 49.2 Å². The predicted octanol–water partition coefficient (Wildman–Crippen LogP) is 2.62. The Morgan fingerprint density at radius 3 is 2.48 bits per heavy atom. The molecule has 2 aromatic rings. The van der Waals surface area contributed by atoms with Gasteiger partial charge in [0.05, 0.1) is 11.9 Å². The van der Waals surface area contributed by atoms with Crippen LogP contribution in [-0.4, -0.2) is 46.7 Å². The second-order valence-corrected chi connectivity index (χ2v) is 8.65. The summed E-state index contributed by atoms with van der Waals surface area (Å²) in [4.78, 5) is 4.28. The molecule has 0 radical (unpaired) electrons. The van der Waals surface area contributed by atoms with Gasteiger partial charge in [0.1, 0.15) is 5.69 Å². The highest BCUT2D eigenvalue weighted by molar-refractivity contribution is 7.88. The van der Waals surface area contributed by atoms with Crippen molar-refractivity contribution < 1.29 is 21.6 Å². The van der Waals surface area contributed by atoms with Gasteiger partial charge in [-0.3, -0.25) is 0 Å². The van der Waals surface area contributed by atoms with Crippen LogP contribution in [-0.2, 0) is 16.2 Å². The fraction of sp³-hybridized carbons (Fsp3) is 0.600. The SMILES string of the molecule is CC(C)c1cc(C(F)(F)F)n2nc([C@@H]3CCN(S(C)(=O)=O)C3)cc2n1. The third kappa shape index (κ3) is 3.50. The Morgan fingerprint density at radius 1 is 1.28 bits per heavy atom. The number of halogens is 3. The first-order chi connectivity index (χ1) is 11.5. The van der Waals surface area contributed by atoms with Gasteiger partial charge in [0.25, 0.3) is 0 Å². The molecule has 10 heteroatoms. The van der Waals surface area contributed by atoms with Crippen LogP contribution < -0.4 is 0 Å². The Kier molecular flexibility index (Phi) is 4.31. The molecule has 0 aliphatic carbocycles. The van der Waals surface area contributed by atoms with E-state index in [-0.39, 0.29) is 24.0 Å². The molecule has 1 fully saturated rings. The van der Waals surface area contributed by atoms with E-state index < -0.39 is 21.9 Å². The highest BCUT2D eigenvalue weighted by Crippen LogP contribution is 2.33. The minimum Gasteiger partial charge on any atom is -0.233 e. The summed E-state index contributed by atoms with van der Waals surface area (Å²) in [6.45, 7) is 4.11. The molecule has 3 heterocycles. The minimum absolute atomic E-state index is 0.131. The molecule has 0 saturated carbocycles. The molecule has 25 heavy (non-hydrogen) atoms. The lowest BCUT2D eigenvalue weighted by Crippen LogP contribution is -2.27. The molecule has 0 amide bonds. The largest absolute Gasteiger partial charge is 0.433 e. The lowest BCUT2D eigenvalue weighted by Gasteiger charge is -2.12. The first kappa shape index (κ1) is 18.1. The van der Waals surface area contributed by atoms with Gasteiger partial charge in [-0.05, 0) is 18.4 Å². The average Bonchev–Trinajstić information content (AvgIpc) is 3.10. The van der Waals surface area contributed by atoms with Crippen LogP contribution in [0.3, 0.4) is 0 Å². The molecule has 1 aliphatic heterocycles. The number of fused-ring (bicyclic) bond motifs is 1. The molecule has 0 bridgehead atoms. The van der Waals surface area contributed by atoms with Crippen LogP contribution >= 0.6 is 0 Å². The van der Waals surface area contributed by atoms with Crippen molar-refractivity contribution in [1.82, 2.24) is 18.9 Å². The number of hydrogen-bond acceptors (Lipinski definition) is 4. The van der Waals surface area contributed by atoms with E-state index >= 15 is 0 Å². The maximum atomic E-state index is 13.4. The lowest BCUT2D eigenvalue weighted by molar-refractivity contribution is -0.142. The Bertz CT molecular complexity index is 905. The summed E-state index contributed by atoms with van der Waals surface area (Å²) in [5, 5.41) is 4.09. The summed E-state index contributed by atoms with van der Waals surface area (Å²) >= 11 is 0. The molecular weight excluding hydrogens is 357 g/mol. The average molecular weight is 376 g/mol. The third-order valence-corrected chi connectivity index (χ3v) is 5.66. The summed E-state index contributed by atoms with van der Waals surface area (Å²) in [7, 11) is -3.32. The fourth-order valence-corrected chi connectivity index (χ4v) is 3.87. The van der Waals surface area contributed by atoms with Gasteiger partial charge in [0, 0.05) is 30.8 Å². The number of rotatable bonds is 3. The minimum atomic E-state index is -4.55. The second-order valence-electron chi connectivity index (χ2n) is 6.66. The molecule has 0 unspecified atom stereocenters. The molecule has 0 N–H and O–H groups in total. The van der Waals surface area contributed by atoms with Gasteiger partial charge < -0.3 is 0 Å². The van der Waals surface area contributed by atoms with Crippen molar-refractivity contribution >= 4 is 15.7 Å². The van der Waals surface area contributed by atoms with Crippen LogP contribution in [0.4, 0.5) is 13.2 Å². The summed E-state index contributed by atoms with van der Waals surface area (Å²) in [6.07, 6.45) is -2.91. The van der Waals surface area contributed by atoms with E-state index in [2.05, 4.69) is 10.1 Å². The van der Waals surface area contributed by atoms with E-state index in [0.717, 1.165) is 16.8 Å². The van der Waals surface area contributed by atoms with Crippen molar-refractivity contribution in [3.8, 4) is 0 Å². The smallest absolute Gasteiger partial charge is 0.233 e. The molecule has 138 valence electrons. The van der Waals surface area contributed by atoms with Crippen LogP contribution in [0.5, 0.6) is 0 Å². The zero-order chi connectivity index (χ0) is 18.6. The van der Waals surface area contributed by atoms with Crippen molar-refractivity contribution in [2.24, 2.45) is 0 Å². The summed E-state index contributed by atoms with van der Waals surface area (Å²) in [6, 6.07) is 2.55. The van der Waals surface area contributed by atoms with E-state index in [0.29, 0.717) is 24.4 Å². The van der Waals surface area contributed by atoms with Gasteiger partial charge in [-0.15, -0.1) is 0 Å². The molecule has 6 nitrogen and oxygen atoms in total. The molecule has 2 aromatic heterocycles. The highest BCUT2D eigenvalue weighted by Gasteiger charge is 2.37. The normalized spacial score (nSPS) is 20.0. The van der Waals surface area contributed by atoms with Crippen molar-refractivity contribution in [3.05, 3.63) is 29.2 Å². The molecule has 0 spiro atoms. The van der Waals surface area contributed by atoms with Gasteiger partial charge in [-0.25, -0.2) is 22.2 Å². The maximum Gasteiger partial charge on any atom is 0.433 e. The monoisotopic (exact) mass is 376 g/mol. The van der Waals surface area contributed by atoms with Gasteiger partial charge in [-0.1, -0.05) is 13.8 Å². The lowest BCUT2D eigenvalue weighted by atomic mass is 10.1. The molecule has 1 atom stereocenters. The Balaban J connectivity index is 2.05. The van der Waals surface area contributed by atoms with Gasteiger partial charge in [0.15, 0.2) is 5.65 Å². The second kappa shape index (κ2) is 5.94. The standard InChI is InChI=1S/C15H19F3N4O2S/c1-9(2)11-6-13(15(16,17)18)22-14(19-11)7-12(20-22)10-4-5-21(8-10)25(3,23)24/h6-7,9-10H,4-5,8H2,1-3H3/t10-/m1/s1. The fourth-order valence-electron chi connectivity index (χ4n) is 2.98. The number of hydrogen-bond donors (Lipinski definition) is 0. The van der Waals surface area contributed by atoms with Gasteiger partial charge in [0.2, 0.25) is 10.0 Å². The predicted molar refractivity (Wildman–Crippen MR) is 85.9 cm³/mol. The van der Waals surface area contributed by atoms with E-state index in [1.54, 1.807) is 13.8 Å². The van der Waals surface area contributed by atoms with E-state index in [4.69, 9.17) is 0 Å². The van der Waals surface area contributed by atoms with Crippen molar-refractivity contribution in [1.29, 1.82) is 0 Å². The summed E-state index contributed by atoms with van der Waals surface area (Å²) < 4.78 is 65.6. The van der Waals surface area contributed by atoms with Crippen molar-refractivity contribution in [2.75, 3.05) is 19.3 Å². The Hall–Kier alpha value is -1.68. The van der Waals surface area contributed by atoms with Crippen LogP contribution in [0.25, 0.3) is 5.65 Å². The first-order valence-electron chi connectivity index (χ1n) is 7.89. The number of aromatic nitrogens is 3. The summed E-state index contributed by atoms with van der Waals surface area (Å²) in [5.74, 6) is -0.392. The first-order valence-corrected chi connectivity index (χ1v) is 9.74. The van der Waals surface area contributed by atoms with Crippen LogP contribution in [0, 0.1) is 0 Å². The Morgan fingerprint density at radius 2 is 1.96 bits per heavy atom. The third-order valence-electron chi connectivity index (χ3n) is 4.39. The molecule has 0 aromatic carbocycles. The maximum absolute atomic E-state index is 13.4. The van der Waals surface area contributed by atoms with Crippen LogP contribution in [0.15, 0.2) is 12.1 Å². The molecule has 1 saturated heterocycles. The topological polar surface area (TPSA) is 67.6 Å². The molecule has 3 rings (SSSR count). The quantitative estimate of drug-likeness (QED) is 0.826. The number of nitrogens with zero attached hydrogens (tertiary/aromatic N) is 4. The number of sulfonamides is 1. The van der Waals surface area contributed by atoms with Gasteiger partial charge >= 0.3 is 6.18 Å². The van der Waals surface area contributed by atoms with E-state index in [9.17, 15) is 21.6 Å². The molecular formula is C15H19F3N4O2S. The van der Waals surface area contributed by atoms with E-state index in [1.807, 2.05) is 0 Å². The van der Waals surface area contributed by atoms with Gasteiger partial charge in [-0.2, -0.15) is 18.3 Å². The van der Waals surface area contributed by atoms with E-state index in [1.165, 1.54) is 10.4 Å². The van der Waals surface area contributed by atoms with Crippen molar-refractivity contribution in [2.45, 2.75) is 38.3 Å². The highest BCUT2D eigenvalue weighted by atomic mass is 32.2. The summed E-state index contributed by atoms with van der Waals surface area (Å²) in [5.41, 5.74) is 0.0391. The zero-order valence-corrected chi connectivity index (χ0v) is 14.9. The molecule has 1 aliphatic rings. The van der Waals surface area contributed by atoms with Crippen LogP contribution in [0.2, 0.25) is 0 Å².